The molecule has 2 aromatic rings. The number of halogens is 1. The lowest BCUT2D eigenvalue weighted by Crippen LogP contribution is -2.31. The molecule has 0 radical (unpaired) electrons. The summed E-state index contributed by atoms with van der Waals surface area (Å²) < 4.78 is 0. The molecule has 7 heteroatoms. The number of amides is 1. The fourth-order valence-corrected chi connectivity index (χ4v) is 2.91. The molecule has 1 amide bonds. The summed E-state index contributed by atoms with van der Waals surface area (Å²) >= 11 is 6.03. The highest BCUT2D eigenvalue weighted by molar-refractivity contribution is 6.30. The lowest BCUT2D eigenvalue weighted by atomic mass is 10.1. The highest BCUT2D eigenvalue weighted by Crippen LogP contribution is 2.25. The standard InChI is InChI=1S/C15H18ClN5O/c1-10-14(19-20-18-10)15(22)17-8-11-5-6-21(9-11)13-4-2-3-12(16)7-13/h2-4,7,11H,5-6,8-9H2,1H3,(H,17,22)(H,18,19,20)/t11-/m1/s1. The molecule has 0 saturated carbocycles. The minimum absolute atomic E-state index is 0.174. The van der Waals surface area contributed by atoms with Crippen LogP contribution >= 0.6 is 11.6 Å². The summed E-state index contributed by atoms with van der Waals surface area (Å²) in [6.45, 7) is 4.29. The highest BCUT2D eigenvalue weighted by atomic mass is 35.5. The van der Waals surface area contributed by atoms with E-state index in [9.17, 15) is 4.79 Å². The van der Waals surface area contributed by atoms with Gasteiger partial charge in [-0.1, -0.05) is 17.7 Å². The zero-order chi connectivity index (χ0) is 15.5. The van der Waals surface area contributed by atoms with Gasteiger partial charge in [0.15, 0.2) is 5.69 Å². The van der Waals surface area contributed by atoms with Crippen molar-refractivity contribution in [2.75, 3.05) is 24.5 Å². The minimum Gasteiger partial charge on any atom is -0.371 e. The maximum atomic E-state index is 12.0. The molecule has 1 fully saturated rings. The van der Waals surface area contributed by atoms with Gasteiger partial charge in [-0.25, -0.2) is 0 Å². The first-order valence-electron chi connectivity index (χ1n) is 7.29. The molecule has 1 aromatic carbocycles. The fourth-order valence-electron chi connectivity index (χ4n) is 2.73. The van der Waals surface area contributed by atoms with Gasteiger partial charge in [-0.15, -0.1) is 0 Å². The second-order valence-corrected chi connectivity index (χ2v) is 5.98. The van der Waals surface area contributed by atoms with Crippen LogP contribution in [0.3, 0.4) is 0 Å². The van der Waals surface area contributed by atoms with E-state index < -0.39 is 0 Å². The molecule has 2 N–H and O–H groups in total. The van der Waals surface area contributed by atoms with E-state index in [4.69, 9.17) is 11.6 Å². The molecule has 6 nitrogen and oxygen atoms in total. The maximum absolute atomic E-state index is 12.0. The monoisotopic (exact) mass is 319 g/mol. The van der Waals surface area contributed by atoms with Crippen molar-refractivity contribution in [3.63, 3.8) is 0 Å². The van der Waals surface area contributed by atoms with Gasteiger partial charge in [0.1, 0.15) is 0 Å². The van der Waals surface area contributed by atoms with Crippen molar-refractivity contribution in [3.8, 4) is 0 Å². The normalized spacial score (nSPS) is 17.7. The third-order valence-electron chi connectivity index (χ3n) is 3.95. The molecular weight excluding hydrogens is 302 g/mol. The summed E-state index contributed by atoms with van der Waals surface area (Å²) in [6.07, 6.45) is 1.05. The van der Waals surface area contributed by atoms with E-state index in [-0.39, 0.29) is 5.91 Å². The maximum Gasteiger partial charge on any atom is 0.273 e. The van der Waals surface area contributed by atoms with Gasteiger partial charge >= 0.3 is 0 Å². The van der Waals surface area contributed by atoms with Gasteiger partial charge in [-0.2, -0.15) is 15.4 Å². The van der Waals surface area contributed by atoms with Crippen LogP contribution in [0, 0.1) is 12.8 Å². The van der Waals surface area contributed by atoms with Crippen LogP contribution in [0.15, 0.2) is 24.3 Å². The van der Waals surface area contributed by atoms with Crippen molar-refractivity contribution in [1.29, 1.82) is 0 Å². The first kappa shape index (κ1) is 14.8. The number of benzene rings is 1. The average Bonchev–Trinajstić information content (AvgIpc) is 3.14. The van der Waals surface area contributed by atoms with Crippen molar-refractivity contribution in [2.45, 2.75) is 13.3 Å². The molecule has 116 valence electrons. The molecule has 1 aromatic heterocycles. The number of carbonyl (C=O) groups is 1. The Labute approximate surface area is 133 Å². The molecule has 0 bridgehead atoms. The lowest BCUT2D eigenvalue weighted by molar-refractivity contribution is 0.0942. The Kier molecular flexibility index (Phi) is 4.29. The first-order chi connectivity index (χ1) is 10.6. The number of carbonyl (C=O) groups excluding carboxylic acids is 1. The molecule has 1 aliphatic rings. The number of nitrogens with zero attached hydrogens (tertiary/aromatic N) is 3. The SMILES string of the molecule is Cc1n[nH]nc1C(=O)NC[C@H]1CCN(c2cccc(Cl)c2)C1. The Morgan fingerprint density at radius 1 is 1.50 bits per heavy atom. The van der Waals surface area contributed by atoms with Gasteiger partial charge in [0, 0.05) is 30.3 Å². The average molecular weight is 320 g/mol. The van der Waals surface area contributed by atoms with Gasteiger partial charge in [0.2, 0.25) is 0 Å². The first-order valence-corrected chi connectivity index (χ1v) is 7.67. The van der Waals surface area contributed by atoms with Crippen molar-refractivity contribution >= 4 is 23.2 Å². The van der Waals surface area contributed by atoms with E-state index in [1.807, 2.05) is 18.2 Å². The Morgan fingerprint density at radius 2 is 2.36 bits per heavy atom. The second-order valence-electron chi connectivity index (χ2n) is 5.55. The Hall–Kier alpha value is -2.08. The quantitative estimate of drug-likeness (QED) is 0.904. The lowest BCUT2D eigenvalue weighted by Gasteiger charge is -2.19. The van der Waals surface area contributed by atoms with Crippen LogP contribution < -0.4 is 10.2 Å². The molecular formula is C15H18ClN5O. The molecule has 22 heavy (non-hydrogen) atoms. The van der Waals surface area contributed by atoms with E-state index in [2.05, 4.69) is 31.7 Å². The van der Waals surface area contributed by atoms with Crippen LogP contribution in [-0.4, -0.2) is 41.0 Å². The van der Waals surface area contributed by atoms with Crippen LogP contribution in [0.2, 0.25) is 5.02 Å². The van der Waals surface area contributed by atoms with Gasteiger partial charge in [0.25, 0.3) is 5.91 Å². The molecule has 2 heterocycles. The van der Waals surface area contributed by atoms with Gasteiger partial charge in [-0.05, 0) is 37.5 Å². The van der Waals surface area contributed by atoms with Crippen molar-refractivity contribution in [1.82, 2.24) is 20.7 Å². The zero-order valence-corrected chi connectivity index (χ0v) is 13.1. The molecule has 0 unspecified atom stereocenters. The third-order valence-corrected chi connectivity index (χ3v) is 4.18. The summed E-state index contributed by atoms with van der Waals surface area (Å²) in [4.78, 5) is 14.3. The Morgan fingerprint density at radius 3 is 3.09 bits per heavy atom. The summed E-state index contributed by atoms with van der Waals surface area (Å²) in [7, 11) is 0. The number of H-pyrrole nitrogens is 1. The van der Waals surface area contributed by atoms with Crippen LogP contribution in [-0.2, 0) is 0 Å². The molecule has 1 aliphatic heterocycles. The largest absolute Gasteiger partial charge is 0.371 e. The number of rotatable bonds is 4. The second kappa shape index (κ2) is 6.36. The number of aryl methyl sites for hydroxylation is 1. The molecule has 1 atom stereocenters. The Bertz CT molecular complexity index is 671. The van der Waals surface area contributed by atoms with E-state index in [1.165, 1.54) is 0 Å². The molecule has 0 spiro atoms. The number of nitrogens with one attached hydrogen (secondary N) is 2. The van der Waals surface area contributed by atoms with Crippen molar-refractivity contribution in [3.05, 3.63) is 40.7 Å². The van der Waals surface area contributed by atoms with Gasteiger partial charge in [-0.3, -0.25) is 4.79 Å². The summed E-state index contributed by atoms with van der Waals surface area (Å²) in [6, 6.07) is 7.87. The summed E-state index contributed by atoms with van der Waals surface area (Å²) in [5.74, 6) is 0.252. The smallest absolute Gasteiger partial charge is 0.273 e. The highest BCUT2D eigenvalue weighted by Gasteiger charge is 2.24. The van der Waals surface area contributed by atoms with Crippen LogP contribution in [0.4, 0.5) is 5.69 Å². The van der Waals surface area contributed by atoms with Crippen LogP contribution in [0.25, 0.3) is 0 Å². The summed E-state index contributed by atoms with van der Waals surface area (Å²) in [5, 5.41) is 13.9. The van der Waals surface area contributed by atoms with Crippen molar-refractivity contribution < 1.29 is 4.79 Å². The topological polar surface area (TPSA) is 73.9 Å². The Balaban J connectivity index is 1.53. The molecule has 1 saturated heterocycles. The predicted molar refractivity (Wildman–Crippen MR) is 85.2 cm³/mol. The molecule has 3 rings (SSSR count). The number of anilines is 1. The molecule has 0 aliphatic carbocycles. The number of aromatic nitrogens is 3. The van der Waals surface area contributed by atoms with E-state index >= 15 is 0 Å². The number of hydrogen-bond donors (Lipinski definition) is 2. The van der Waals surface area contributed by atoms with Crippen LogP contribution in [0.5, 0.6) is 0 Å². The van der Waals surface area contributed by atoms with Crippen LogP contribution in [0.1, 0.15) is 22.6 Å². The van der Waals surface area contributed by atoms with Gasteiger partial charge < -0.3 is 10.2 Å². The van der Waals surface area contributed by atoms with Gasteiger partial charge in [0.05, 0.1) is 5.69 Å². The minimum atomic E-state index is -0.174. The zero-order valence-electron chi connectivity index (χ0n) is 12.3. The fraction of sp³-hybridized carbons (Fsp3) is 0.400. The van der Waals surface area contributed by atoms with E-state index in [1.54, 1.807) is 6.92 Å². The number of aromatic amines is 1. The van der Waals surface area contributed by atoms with E-state index in [0.29, 0.717) is 23.9 Å². The van der Waals surface area contributed by atoms with E-state index in [0.717, 1.165) is 30.2 Å². The predicted octanol–water partition coefficient (Wildman–Crippen LogP) is 2.02. The van der Waals surface area contributed by atoms with Crippen molar-refractivity contribution in [2.24, 2.45) is 5.92 Å². The third kappa shape index (κ3) is 3.22. The number of hydrogen-bond acceptors (Lipinski definition) is 4. The summed E-state index contributed by atoms with van der Waals surface area (Å²) in [5.41, 5.74) is 2.11.